The molecule has 0 bridgehead atoms. The van der Waals surface area contributed by atoms with Crippen molar-refractivity contribution in [2.45, 2.75) is 90.3 Å². The number of benzene rings is 1. The number of nitrogens with zero attached hydrogens (tertiary/aromatic N) is 6. The first-order valence-electron chi connectivity index (χ1n) is 16.1. The first-order valence-corrected chi connectivity index (χ1v) is 16.1. The van der Waals surface area contributed by atoms with E-state index in [0.717, 1.165) is 47.9 Å². The lowest BCUT2D eigenvalue weighted by atomic mass is 9.85. The number of aromatic nitrogens is 5. The smallest absolute Gasteiger partial charge is 0.376 e. The number of carbonyl (C=O) groups is 2. The van der Waals surface area contributed by atoms with Crippen molar-refractivity contribution in [3.63, 3.8) is 0 Å². The largest absolute Gasteiger partial charge is 0.484 e. The summed E-state index contributed by atoms with van der Waals surface area (Å²) in [5, 5.41) is 14.8. The van der Waals surface area contributed by atoms with E-state index in [4.69, 9.17) is 9.47 Å². The van der Waals surface area contributed by atoms with E-state index in [1.54, 1.807) is 13.0 Å². The van der Waals surface area contributed by atoms with Gasteiger partial charge in [0, 0.05) is 24.1 Å². The van der Waals surface area contributed by atoms with Crippen LogP contribution in [0.2, 0.25) is 0 Å². The molecule has 1 aliphatic heterocycles. The van der Waals surface area contributed by atoms with Crippen LogP contribution in [0.3, 0.4) is 0 Å². The van der Waals surface area contributed by atoms with Gasteiger partial charge in [-0.2, -0.15) is 0 Å². The van der Waals surface area contributed by atoms with Crippen molar-refractivity contribution in [3.05, 3.63) is 71.3 Å². The van der Waals surface area contributed by atoms with Gasteiger partial charge in [-0.3, -0.25) is 9.72 Å². The molecular weight excluding hydrogens is 584 g/mol. The monoisotopic (exact) mass is 626 g/mol. The van der Waals surface area contributed by atoms with Crippen LogP contribution in [-0.2, 0) is 10.2 Å². The molecule has 46 heavy (non-hydrogen) atoms. The maximum absolute atomic E-state index is 13.3. The van der Waals surface area contributed by atoms with Gasteiger partial charge in [-0.05, 0) is 69.2 Å². The topological polar surface area (TPSA) is 136 Å². The maximum Gasteiger partial charge on any atom is 0.376 e. The minimum absolute atomic E-state index is 0.0881. The van der Waals surface area contributed by atoms with Crippen molar-refractivity contribution < 1.29 is 19.1 Å². The number of urea groups is 1. The fraction of sp³-hybridized carbons (Fsp3) is 0.471. The number of nitrogens with one attached hydrogen (secondary N) is 2. The summed E-state index contributed by atoms with van der Waals surface area (Å²) < 4.78 is 13.7. The van der Waals surface area contributed by atoms with Crippen LogP contribution in [0.25, 0.3) is 5.65 Å². The van der Waals surface area contributed by atoms with E-state index in [2.05, 4.69) is 48.7 Å². The van der Waals surface area contributed by atoms with Crippen molar-refractivity contribution in [2.24, 2.45) is 0 Å². The zero-order valence-electron chi connectivity index (χ0n) is 27.1. The summed E-state index contributed by atoms with van der Waals surface area (Å²) in [5.74, 6) is 1.09. The Morgan fingerprint density at radius 1 is 1.00 bits per heavy atom. The van der Waals surface area contributed by atoms with Gasteiger partial charge in [0.2, 0.25) is 11.8 Å². The Bertz CT molecular complexity index is 1730. The second-order valence-corrected chi connectivity index (χ2v) is 13.0. The summed E-state index contributed by atoms with van der Waals surface area (Å²) >= 11 is 0. The number of ether oxygens (including phenoxy) is 2. The first-order chi connectivity index (χ1) is 22.1. The van der Waals surface area contributed by atoms with E-state index in [1.807, 2.05) is 61.7 Å². The minimum atomic E-state index is -0.634. The number of pyridine rings is 1. The molecule has 0 unspecified atom stereocenters. The van der Waals surface area contributed by atoms with Crippen molar-refractivity contribution in [1.29, 1.82) is 0 Å². The maximum atomic E-state index is 13.3. The van der Waals surface area contributed by atoms with Gasteiger partial charge in [0.15, 0.2) is 5.65 Å². The van der Waals surface area contributed by atoms with Crippen LogP contribution in [0.1, 0.15) is 106 Å². The van der Waals surface area contributed by atoms with Crippen LogP contribution < -0.4 is 20.3 Å². The lowest BCUT2D eigenvalue weighted by Crippen LogP contribution is -2.38. The zero-order chi connectivity index (χ0) is 32.4. The number of esters is 1. The SMILES string of the molecule is CCOC(=O)c1nc(NC(=O)N[C@H]2CC[C@@H](Oc3ccc4nnc(N5CCCC[C@@H]5C)n4c3)c3ccccc32)cc(C(C)(C)C)n1. The summed E-state index contributed by atoms with van der Waals surface area (Å²) in [5.41, 5.74) is 3.04. The standard InChI is InChI=1S/C34H42N8O4/c1-6-45-31(43)30-36-27(34(3,4)5)19-28(37-30)38-32(44)35-25-15-16-26(24-13-8-7-12-23(24)25)46-22-14-17-29-39-40-33(42(29)20-22)41-18-10-9-11-21(41)2/h7-8,12-14,17,19-21,25-26H,6,9-11,15-16,18H2,1-5H3,(H2,35,36,37,38,44)/t21-,25-,26+/m0/s1. The Balaban J connectivity index is 1.18. The van der Waals surface area contributed by atoms with E-state index in [1.165, 1.54) is 6.42 Å². The van der Waals surface area contributed by atoms with Crippen LogP contribution in [-0.4, -0.2) is 55.8 Å². The first kappa shape index (κ1) is 31.3. The summed E-state index contributed by atoms with van der Waals surface area (Å²) in [6.07, 6.45) is 6.68. The number of fused-ring (bicyclic) bond motifs is 2. The van der Waals surface area contributed by atoms with Gasteiger partial charge in [0.25, 0.3) is 0 Å². The molecule has 3 aromatic heterocycles. The molecule has 1 aromatic carbocycles. The van der Waals surface area contributed by atoms with Gasteiger partial charge >= 0.3 is 12.0 Å². The van der Waals surface area contributed by atoms with E-state index < -0.39 is 12.0 Å². The molecule has 12 nitrogen and oxygen atoms in total. The predicted octanol–water partition coefficient (Wildman–Crippen LogP) is 6.15. The number of anilines is 2. The molecule has 4 aromatic rings. The molecule has 1 fully saturated rings. The Morgan fingerprint density at radius 2 is 1.80 bits per heavy atom. The highest BCUT2D eigenvalue weighted by atomic mass is 16.5. The Hall–Kier alpha value is -4.74. The average Bonchev–Trinajstić information content (AvgIpc) is 3.45. The summed E-state index contributed by atoms with van der Waals surface area (Å²) in [6, 6.07) is 13.3. The number of amides is 2. The van der Waals surface area contributed by atoms with Gasteiger partial charge in [-0.25, -0.2) is 19.6 Å². The van der Waals surface area contributed by atoms with E-state index in [9.17, 15) is 9.59 Å². The van der Waals surface area contributed by atoms with Gasteiger partial charge < -0.3 is 19.7 Å². The van der Waals surface area contributed by atoms with Crippen molar-refractivity contribution >= 4 is 29.4 Å². The molecule has 3 atom stereocenters. The predicted molar refractivity (Wildman–Crippen MR) is 174 cm³/mol. The molecule has 2 N–H and O–H groups in total. The highest BCUT2D eigenvalue weighted by Crippen LogP contribution is 2.39. The lowest BCUT2D eigenvalue weighted by Gasteiger charge is -2.33. The van der Waals surface area contributed by atoms with Gasteiger partial charge in [-0.1, -0.05) is 45.0 Å². The molecule has 0 radical (unpaired) electrons. The molecule has 12 heteroatoms. The van der Waals surface area contributed by atoms with Crippen LogP contribution in [0.5, 0.6) is 5.75 Å². The van der Waals surface area contributed by atoms with Gasteiger partial charge in [0.05, 0.1) is 24.5 Å². The summed E-state index contributed by atoms with van der Waals surface area (Å²) in [7, 11) is 0. The van der Waals surface area contributed by atoms with E-state index >= 15 is 0 Å². The highest BCUT2D eigenvalue weighted by Gasteiger charge is 2.30. The third-order valence-electron chi connectivity index (χ3n) is 8.63. The number of carbonyl (C=O) groups excluding carboxylic acids is 2. The molecule has 2 aliphatic rings. The quantitative estimate of drug-likeness (QED) is 0.232. The number of rotatable bonds is 7. The van der Waals surface area contributed by atoms with Gasteiger partial charge in [0.1, 0.15) is 17.7 Å². The summed E-state index contributed by atoms with van der Waals surface area (Å²) in [4.78, 5) is 36.7. The molecular formula is C34H42N8O4. The number of hydrogen-bond donors (Lipinski definition) is 2. The molecule has 1 aliphatic carbocycles. The Morgan fingerprint density at radius 3 is 2.57 bits per heavy atom. The zero-order valence-corrected chi connectivity index (χ0v) is 27.1. The van der Waals surface area contributed by atoms with Crippen LogP contribution in [0.15, 0.2) is 48.7 Å². The Kier molecular flexibility index (Phi) is 8.79. The minimum Gasteiger partial charge on any atom is -0.484 e. The number of piperidine rings is 1. The van der Waals surface area contributed by atoms with Crippen LogP contribution in [0.4, 0.5) is 16.6 Å². The molecule has 4 heterocycles. The second-order valence-electron chi connectivity index (χ2n) is 13.0. The molecule has 6 rings (SSSR count). The third kappa shape index (κ3) is 6.61. The average molecular weight is 627 g/mol. The fourth-order valence-electron chi connectivity index (χ4n) is 6.20. The lowest BCUT2D eigenvalue weighted by molar-refractivity contribution is 0.0511. The van der Waals surface area contributed by atoms with Crippen molar-refractivity contribution in [1.82, 2.24) is 29.9 Å². The van der Waals surface area contributed by atoms with Crippen molar-refractivity contribution in [3.8, 4) is 5.75 Å². The normalized spacial score (nSPS) is 19.8. The molecule has 2 amide bonds. The molecule has 1 saturated heterocycles. The fourth-order valence-corrected chi connectivity index (χ4v) is 6.20. The Labute approximate surface area is 268 Å². The highest BCUT2D eigenvalue weighted by molar-refractivity contribution is 5.90. The van der Waals surface area contributed by atoms with Gasteiger partial charge in [-0.15, -0.1) is 10.2 Å². The molecule has 0 saturated carbocycles. The number of hydrogen-bond acceptors (Lipinski definition) is 9. The van der Waals surface area contributed by atoms with E-state index in [-0.39, 0.29) is 35.8 Å². The molecule has 0 spiro atoms. The third-order valence-corrected chi connectivity index (χ3v) is 8.63. The van der Waals surface area contributed by atoms with E-state index in [0.29, 0.717) is 24.6 Å². The van der Waals surface area contributed by atoms with Crippen LogP contribution >= 0.6 is 0 Å². The second kappa shape index (κ2) is 12.9. The van der Waals surface area contributed by atoms with Crippen molar-refractivity contribution in [2.75, 3.05) is 23.4 Å². The molecule has 242 valence electrons. The van der Waals surface area contributed by atoms with Crippen LogP contribution in [0, 0.1) is 0 Å². The summed E-state index contributed by atoms with van der Waals surface area (Å²) in [6.45, 7) is 11.1.